The van der Waals surface area contributed by atoms with Crippen LogP contribution in [0.3, 0.4) is 0 Å². The fraction of sp³-hybridized carbons (Fsp3) is 0.222. The van der Waals surface area contributed by atoms with Crippen molar-refractivity contribution < 1.29 is 19.8 Å². The molecule has 1 amide bonds. The normalized spacial score (nSPS) is 11.9. The van der Waals surface area contributed by atoms with Crippen molar-refractivity contribution in [1.82, 2.24) is 10.3 Å². The Hall–Kier alpha value is -1.37. The number of carboxylic acids is 1. The number of rotatable bonds is 4. The summed E-state index contributed by atoms with van der Waals surface area (Å²) in [6, 6.07) is 1.26. The summed E-state index contributed by atoms with van der Waals surface area (Å²) in [5.74, 6) is -2.10. The van der Waals surface area contributed by atoms with E-state index in [9.17, 15) is 9.59 Å². The molecule has 0 aliphatic rings. The maximum absolute atomic E-state index is 11.6. The van der Waals surface area contributed by atoms with Gasteiger partial charge in [-0.1, -0.05) is 23.2 Å². The first-order valence-electron chi connectivity index (χ1n) is 4.42. The smallest absolute Gasteiger partial charge is 0.328 e. The molecule has 92 valence electrons. The molecule has 3 N–H and O–H groups in total. The number of nitrogens with one attached hydrogen (secondary N) is 1. The second-order valence-corrected chi connectivity index (χ2v) is 3.76. The van der Waals surface area contributed by atoms with Gasteiger partial charge in [-0.15, -0.1) is 0 Å². The molecule has 0 bridgehead atoms. The SMILES string of the molecule is O=C(NC(CO)C(=O)O)c1ccc(Cl)nc1Cl. The Balaban J connectivity index is 2.86. The third-order valence-electron chi connectivity index (χ3n) is 1.85. The number of amides is 1. The predicted octanol–water partition coefficient (Wildman–Crippen LogP) is 0.564. The van der Waals surface area contributed by atoms with Crippen molar-refractivity contribution in [1.29, 1.82) is 0 Å². The van der Waals surface area contributed by atoms with Crippen LogP contribution in [0.4, 0.5) is 0 Å². The Morgan fingerprint density at radius 3 is 2.53 bits per heavy atom. The van der Waals surface area contributed by atoms with Gasteiger partial charge in [0.05, 0.1) is 12.2 Å². The summed E-state index contributed by atoms with van der Waals surface area (Å²) < 4.78 is 0. The first kappa shape index (κ1) is 13.7. The highest BCUT2D eigenvalue weighted by Crippen LogP contribution is 2.16. The minimum Gasteiger partial charge on any atom is -0.480 e. The van der Waals surface area contributed by atoms with E-state index < -0.39 is 24.5 Å². The van der Waals surface area contributed by atoms with Crippen LogP contribution in [0.2, 0.25) is 10.3 Å². The number of aliphatic hydroxyl groups is 1. The van der Waals surface area contributed by atoms with Crippen molar-refractivity contribution in [2.24, 2.45) is 0 Å². The molecule has 0 aromatic carbocycles. The zero-order chi connectivity index (χ0) is 13.0. The van der Waals surface area contributed by atoms with Crippen molar-refractivity contribution in [3.63, 3.8) is 0 Å². The second kappa shape index (κ2) is 5.81. The van der Waals surface area contributed by atoms with Crippen LogP contribution in [-0.4, -0.2) is 39.7 Å². The number of hydrogen-bond donors (Lipinski definition) is 3. The van der Waals surface area contributed by atoms with Crippen LogP contribution in [0.1, 0.15) is 10.4 Å². The zero-order valence-corrected chi connectivity index (χ0v) is 9.87. The molecule has 8 heteroatoms. The third kappa shape index (κ3) is 3.55. The Morgan fingerprint density at radius 2 is 2.06 bits per heavy atom. The average molecular weight is 279 g/mol. The van der Waals surface area contributed by atoms with Gasteiger partial charge in [-0.05, 0) is 12.1 Å². The van der Waals surface area contributed by atoms with E-state index >= 15 is 0 Å². The third-order valence-corrected chi connectivity index (χ3v) is 2.34. The van der Waals surface area contributed by atoms with Crippen LogP contribution in [0.25, 0.3) is 0 Å². The van der Waals surface area contributed by atoms with E-state index in [1.54, 1.807) is 0 Å². The zero-order valence-electron chi connectivity index (χ0n) is 8.35. The Morgan fingerprint density at radius 1 is 1.41 bits per heavy atom. The molecule has 17 heavy (non-hydrogen) atoms. The Kier molecular flexibility index (Phi) is 4.68. The number of hydrogen-bond acceptors (Lipinski definition) is 4. The van der Waals surface area contributed by atoms with Crippen LogP contribution < -0.4 is 5.32 Å². The number of nitrogens with zero attached hydrogens (tertiary/aromatic N) is 1. The van der Waals surface area contributed by atoms with Crippen molar-refractivity contribution in [3.05, 3.63) is 28.0 Å². The molecule has 6 nitrogen and oxygen atoms in total. The van der Waals surface area contributed by atoms with Gasteiger partial charge in [0.15, 0.2) is 6.04 Å². The molecule has 0 saturated carbocycles. The van der Waals surface area contributed by atoms with E-state index in [-0.39, 0.29) is 15.9 Å². The topological polar surface area (TPSA) is 99.5 Å². The summed E-state index contributed by atoms with van der Waals surface area (Å²) in [5, 5.41) is 19.4. The van der Waals surface area contributed by atoms with Gasteiger partial charge >= 0.3 is 5.97 Å². The molecule has 1 rings (SSSR count). The molecule has 0 aliphatic heterocycles. The average Bonchev–Trinajstić information content (AvgIpc) is 2.24. The van der Waals surface area contributed by atoms with Gasteiger partial charge in [0.1, 0.15) is 10.3 Å². The highest BCUT2D eigenvalue weighted by atomic mass is 35.5. The summed E-state index contributed by atoms with van der Waals surface area (Å²) >= 11 is 11.2. The number of pyridine rings is 1. The molecule has 0 radical (unpaired) electrons. The Bertz CT molecular complexity index is 453. The fourth-order valence-corrected chi connectivity index (χ4v) is 1.43. The van der Waals surface area contributed by atoms with Crippen LogP contribution in [0.5, 0.6) is 0 Å². The summed E-state index contributed by atoms with van der Waals surface area (Å²) in [7, 11) is 0. The monoisotopic (exact) mass is 278 g/mol. The highest BCUT2D eigenvalue weighted by molar-refractivity contribution is 6.34. The van der Waals surface area contributed by atoms with Crippen LogP contribution in [0.15, 0.2) is 12.1 Å². The molecule has 0 saturated heterocycles. The van der Waals surface area contributed by atoms with E-state index in [0.717, 1.165) is 0 Å². The predicted molar refractivity (Wildman–Crippen MR) is 60.2 cm³/mol. The fourth-order valence-electron chi connectivity index (χ4n) is 1.00. The van der Waals surface area contributed by atoms with Crippen molar-refractivity contribution in [2.75, 3.05) is 6.61 Å². The summed E-state index contributed by atoms with van der Waals surface area (Å²) in [5.41, 5.74) is -0.0178. The number of carbonyl (C=O) groups excluding carboxylic acids is 1. The lowest BCUT2D eigenvalue weighted by Crippen LogP contribution is -2.43. The van der Waals surface area contributed by atoms with Crippen LogP contribution >= 0.6 is 23.2 Å². The maximum atomic E-state index is 11.6. The number of carboxylic acid groups (broad SMARTS) is 1. The summed E-state index contributed by atoms with van der Waals surface area (Å²) in [6.07, 6.45) is 0. The number of aromatic nitrogens is 1. The van der Waals surface area contributed by atoms with Crippen LogP contribution in [0, 0.1) is 0 Å². The van der Waals surface area contributed by atoms with Crippen molar-refractivity contribution in [3.8, 4) is 0 Å². The largest absolute Gasteiger partial charge is 0.480 e. The molecule has 0 fully saturated rings. The van der Waals surface area contributed by atoms with Gasteiger partial charge in [0.2, 0.25) is 0 Å². The van der Waals surface area contributed by atoms with E-state index in [1.165, 1.54) is 12.1 Å². The summed E-state index contributed by atoms with van der Waals surface area (Å²) in [6.45, 7) is -0.723. The van der Waals surface area contributed by atoms with Crippen molar-refractivity contribution >= 4 is 35.1 Å². The van der Waals surface area contributed by atoms with Crippen molar-refractivity contribution in [2.45, 2.75) is 6.04 Å². The number of aliphatic carboxylic acids is 1. The van der Waals surface area contributed by atoms with Gasteiger partial charge < -0.3 is 15.5 Å². The van der Waals surface area contributed by atoms with Gasteiger partial charge in [0, 0.05) is 0 Å². The molecular formula is C9H8Cl2N2O4. The number of aliphatic hydroxyl groups excluding tert-OH is 1. The molecule has 1 unspecified atom stereocenters. The molecule has 1 atom stereocenters. The van der Waals surface area contributed by atoms with E-state index in [1.807, 2.05) is 0 Å². The lowest BCUT2D eigenvalue weighted by atomic mass is 10.2. The van der Waals surface area contributed by atoms with E-state index in [2.05, 4.69) is 10.3 Å². The van der Waals surface area contributed by atoms with Gasteiger partial charge in [-0.3, -0.25) is 4.79 Å². The minimum atomic E-state index is -1.39. The van der Waals surface area contributed by atoms with Crippen LogP contribution in [-0.2, 0) is 4.79 Å². The molecule has 0 aliphatic carbocycles. The first-order chi connectivity index (χ1) is 7.95. The van der Waals surface area contributed by atoms with Gasteiger partial charge in [-0.25, -0.2) is 9.78 Å². The number of halogens is 2. The van der Waals surface area contributed by atoms with E-state index in [4.69, 9.17) is 33.4 Å². The van der Waals surface area contributed by atoms with Gasteiger partial charge in [-0.2, -0.15) is 0 Å². The lowest BCUT2D eigenvalue weighted by molar-refractivity contribution is -0.140. The van der Waals surface area contributed by atoms with Gasteiger partial charge in [0.25, 0.3) is 5.91 Å². The highest BCUT2D eigenvalue weighted by Gasteiger charge is 2.21. The molecule has 1 heterocycles. The number of carbonyl (C=O) groups is 2. The molecule has 1 aromatic rings. The Labute approximate surface area is 106 Å². The minimum absolute atomic E-state index is 0.0178. The molecule has 0 spiro atoms. The molecular weight excluding hydrogens is 271 g/mol. The quantitative estimate of drug-likeness (QED) is 0.699. The second-order valence-electron chi connectivity index (χ2n) is 3.02. The molecule has 1 aromatic heterocycles. The first-order valence-corrected chi connectivity index (χ1v) is 5.18. The standard InChI is InChI=1S/C9H8Cl2N2O4/c10-6-2-1-4(7(11)13-6)8(15)12-5(3-14)9(16)17/h1-2,5,14H,3H2,(H,12,15)(H,16,17). The lowest BCUT2D eigenvalue weighted by Gasteiger charge is -2.11. The maximum Gasteiger partial charge on any atom is 0.328 e. The summed E-state index contributed by atoms with van der Waals surface area (Å²) in [4.78, 5) is 25.8. The van der Waals surface area contributed by atoms with E-state index in [0.29, 0.717) is 0 Å².